The van der Waals surface area contributed by atoms with E-state index in [4.69, 9.17) is 4.42 Å². The van der Waals surface area contributed by atoms with Crippen LogP contribution < -0.4 is 10.2 Å². The number of hydrogen-bond acceptors (Lipinski definition) is 6. The van der Waals surface area contributed by atoms with E-state index >= 15 is 0 Å². The van der Waals surface area contributed by atoms with Gasteiger partial charge in [0.1, 0.15) is 0 Å². The Kier molecular flexibility index (Phi) is 3.74. The molecule has 1 N–H and O–H groups in total. The van der Waals surface area contributed by atoms with E-state index < -0.39 is 4.92 Å². The Balaban J connectivity index is 1.99. The molecule has 1 aromatic carbocycles. The van der Waals surface area contributed by atoms with Crippen LogP contribution in [0, 0.1) is 10.1 Å². The predicted octanol–water partition coefficient (Wildman–Crippen LogP) is 2.31. The van der Waals surface area contributed by atoms with E-state index in [2.05, 4.69) is 15.2 Å². The number of nitrogens with zero attached hydrogens (tertiary/aromatic N) is 3. The average molecular weight is 290 g/mol. The molecule has 2 aromatic rings. The number of fused-ring (bicyclic) bond motifs is 1. The number of aromatic nitrogens is 1. The Labute approximate surface area is 122 Å². The number of nitrogens with one attached hydrogen (secondary N) is 1. The van der Waals surface area contributed by atoms with Crippen molar-refractivity contribution in [3.63, 3.8) is 0 Å². The molecular formula is C14H18N4O3. The van der Waals surface area contributed by atoms with E-state index in [9.17, 15) is 10.1 Å². The van der Waals surface area contributed by atoms with Crippen LogP contribution in [0.15, 0.2) is 22.6 Å². The summed E-state index contributed by atoms with van der Waals surface area (Å²) in [5.41, 5.74) is 0.765. The molecule has 1 aliphatic rings. The molecule has 0 amide bonds. The number of benzene rings is 1. The Morgan fingerprint density at radius 2 is 2.43 bits per heavy atom. The first-order chi connectivity index (χ1) is 10.2. The number of likely N-dealkylation sites (N-methyl/N-ethyl adjacent to an activating group) is 1. The maximum absolute atomic E-state index is 11.1. The quantitative estimate of drug-likeness (QED) is 0.687. The minimum Gasteiger partial charge on any atom is -0.423 e. The van der Waals surface area contributed by atoms with Crippen molar-refractivity contribution in [1.82, 2.24) is 10.3 Å². The zero-order valence-electron chi connectivity index (χ0n) is 11.9. The van der Waals surface area contributed by atoms with Crippen molar-refractivity contribution in [2.24, 2.45) is 0 Å². The molecule has 0 spiro atoms. The van der Waals surface area contributed by atoms with Crippen molar-refractivity contribution in [2.45, 2.75) is 25.8 Å². The lowest BCUT2D eigenvalue weighted by molar-refractivity contribution is -0.383. The fraction of sp³-hybridized carbons (Fsp3) is 0.500. The maximum Gasteiger partial charge on any atom is 0.298 e. The summed E-state index contributed by atoms with van der Waals surface area (Å²) in [5.74, 6) is 0. The van der Waals surface area contributed by atoms with Crippen LogP contribution >= 0.6 is 0 Å². The first kappa shape index (κ1) is 13.8. The Morgan fingerprint density at radius 3 is 3.10 bits per heavy atom. The number of anilines is 1. The highest BCUT2D eigenvalue weighted by Gasteiger charge is 2.25. The lowest BCUT2D eigenvalue weighted by Crippen LogP contribution is -2.46. The van der Waals surface area contributed by atoms with E-state index in [1.165, 1.54) is 6.07 Å². The minimum absolute atomic E-state index is 0.0136. The molecule has 1 fully saturated rings. The lowest BCUT2D eigenvalue weighted by Gasteiger charge is -2.32. The van der Waals surface area contributed by atoms with Crippen molar-refractivity contribution >= 4 is 22.8 Å². The fourth-order valence-corrected chi connectivity index (χ4v) is 2.84. The van der Waals surface area contributed by atoms with Gasteiger partial charge in [-0.15, -0.1) is 0 Å². The van der Waals surface area contributed by atoms with Gasteiger partial charge in [-0.3, -0.25) is 10.1 Å². The molecule has 7 heteroatoms. The summed E-state index contributed by atoms with van der Waals surface area (Å²) in [4.78, 5) is 17.1. The highest BCUT2D eigenvalue weighted by Crippen LogP contribution is 2.30. The van der Waals surface area contributed by atoms with Crippen LogP contribution in [-0.4, -0.2) is 35.6 Å². The molecule has 1 saturated heterocycles. The summed E-state index contributed by atoms with van der Waals surface area (Å²) in [5, 5.41) is 14.4. The minimum atomic E-state index is -0.424. The molecule has 1 atom stereocenters. The normalized spacial score (nSPS) is 18.8. The molecule has 0 aliphatic carbocycles. The van der Waals surface area contributed by atoms with Gasteiger partial charge in [0.15, 0.2) is 11.1 Å². The highest BCUT2D eigenvalue weighted by molar-refractivity contribution is 5.84. The molecule has 1 unspecified atom stereocenters. The third-order valence-corrected chi connectivity index (χ3v) is 3.88. The number of rotatable bonds is 4. The molecule has 1 aromatic heterocycles. The summed E-state index contributed by atoms with van der Waals surface area (Å²) in [6.07, 6.45) is 2.18. The van der Waals surface area contributed by atoms with Gasteiger partial charge >= 0.3 is 0 Å². The number of nitro groups is 1. The van der Waals surface area contributed by atoms with Crippen LogP contribution in [0.1, 0.15) is 19.8 Å². The molecule has 7 nitrogen and oxygen atoms in total. The SMILES string of the molecule is CCN(c1nc2c([N+](=O)[O-])cccc2o1)C1CCCNC1. The van der Waals surface area contributed by atoms with Crippen LogP contribution in [0.3, 0.4) is 0 Å². The van der Waals surface area contributed by atoms with E-state index in [0.717, 1.165) is 32.5 Å². The molecular weight excluding hydrogens is 272 g/mol. The number of nitro benzene ring substituents is 1. The molecule has 2 heterocycles. The van der Waals surface area contributed by atoms with Crippen LogP contribution in [0.5, 0.6) is 0 Å². The molecule has 1 aliphatic heterocycles. The Morgan fingerprint density at radius 1 is 1.57 bits per heavy atom. The summed E-state index contributed by atoms with van der Waals surface area (Å²) in [6, 6.07) is 5.57. The fourth-order valence-electron chi connectivity index (χ4n) is 2.84. The van der Waals surface area contributed by atoms with Gasteiger partial charge in [0.2, 0.25) is 0 Å². The molecule has 0 radical (unpaired) electrons. The summed E-state index contributed by atoms with van der Waals surface area (Å²) < 4.78 is 5.75. The van der Waals surface area contributed by atoms with Gasteiger partial charge in [0.25, 0.3) is 11.7 Å². The van der Waals surface area contributed by atoms with Crippen molar-refractivity contribution in [1.29, 1.82) is 0 Å². The second-order valence-electron chi connectivity index (χ2n) is 5.16. The Bertz CT molecular complexity index is 649. The van der Waals surface area contributed by atoms with Crippen LogP contribution in [-0.2, 0) is 0 Å². The predicted molar refractivity (Wildman–Crippen MR) is 79.6 cm³/mol. The summed E-state index contributed by atoms with van der Waals surface area (Å²) in [6.45, 7) is 4.71. The van der Waals surface area contributed by atoms with E-state index in [0.29, 0.717) is 23.2 Å². The average Bonchev–Trinajstić information content (AvgIpc) is 2.92. The summed E-state index contributed by atoms with van der Waals surface area (Å²) >= 11 is 0. The number of non-ortho nitro benzene ring substituents is 1. The standard InChI is InChI=1S/C14H18N4O3/c1-2-17(10-5-4-8-15-9-10)14-16-13-11(18(19)20)6-3-7-12(13)21-14/h3,6-7,10,15H,2,4-5,8-9H2,1H3. The largest absolute Gasteiger partial charge is 0.423 e. The third-order valence-electron chi connectivity index (χ3n) is 3.88. The molecule has 3 rings (SSSR count). The van der Waals surface area contributed by atoms with Crippen LogP contribution in [0.25, 0.3) is 11.1 Å². The van der Waals surface area contributed by atoms with Gasteiger partial charge in [-0.2, -0.15) is 4.98 Å². The number of oxazole rings is 1. The highest BCUT2D eigenvalue weighted by atomic mass is 16.6. The van der Waals surface area contributed by atoms with E-state index in [-0.39, 0.29) is 5.69 Å². The lowest BCUT2D eigenvalue weighted by atomic mass is 10.1. The van der Waals surface area contributed by atoms with Crippen molar-refractivity contribution < 1.29 is 9.34 Å². The van der Waals surface area contributed by atoms with Crippen molar-refractivity contribution in [2.75, 3.05) is 24.5 Å². The van der Waals surface area contributed by atoms with E-state index in [1.54, 1.807) is 12.1 Å². The third kappa shape index (κ3) is 2.56. The zero-order valence-corrected chi connectivity index (χ0v) is 11.9. The first-order valence-electron chi connectivity index (χ1n) is 7.22. The smallest absolute Gasteiger partial charge is 0.298 e. The Hall–Kier alpha value is -2.15. The number of hydrogen-bond donors (Lipinski definition) is 1. The van der Waals surface area contributed by atoms with Gasteiger partial charge in [0.05, 0.1) is 4.92 Å². The first-order valence-corrected chi connectivity index (χ1v) is 7.22. The number of piperidine rings is 1. The van der Waals surface area contributed by atoms with Crippen molar-refractivity contribution in [3.8, 4) is 0 Å². The van der Waals surface area contributed by atoms with Gasteiger partial charge in [0, 0.05) is 25.2 Å². The summed E-state index contributed by atoms with van der Waals surface area (Å²) in [7, 11) is 0. The second kappa shape index (κ2) is 5.69. The van der Waals surface area contributed by atoms with E-state index in [1.807, 2.05) is 6.92 Å². The van der Waals surface area contributed by atoms with Crippen LogP contribution in [0.2, 0.25) is 0 Å². The molecule has 0 bridgehead atoms. The van der Waals surface area contributed by atoms with Gasteiger partial charge in [-0.05, 0) is 32.4 Å². The van der Waals surface area contributed by atoms with Gasteiger partial charge in [-0.25, -0.2) is 0 Å². The zero-order chi connectivity index (χ0) is 14.8. The monoisotopic (exact) mass is 290 g/mol. The molecule has 0 saturated carbocycles. The van der Waals surface area contributed by atoms with Crippen LogP contribution in [0.4, 0.5) is 11.7 Å². The number of para-hydroxylation sites is 1. The molecule has 112 valence electrons. The van der Waals surface area contributed by atoms with Gasteiger partial charge in [-0.1, -0.05) is 6.07 Å². The van der Waals surface area contributed by atoms with Crippen molar-refractivity contribution in [3.05, 3.63) is 28.3 Å². The molecule has 21 heavy (non-hydrogen) atoms. The van der Waals surface area contributed by atoms with Gasteiger partial charge < -0.3 is 14.6 Å². The second-order valence-corrected chi connectivity index (χ2v) is 5.16. The topological polar surface area (TPSA) is 84.4 Å². The maximum atomic E-state index is 11.1.